The zero-order valence-corrected chi connectivity index (χ0v) is 17.2. The summed E-state index contributed by atoms with van der Waals surface area (Å²) in [5.74, 6) is -3.08. The first-order valence-electron chi connectivity index (χ1n) is 9.26. The minimum atomic E-state index is -4.11. The lowest BCUT2D eigenvalue weighted by Gasteiger charge is -2.28. The topological polar surface area (TPSA) is 113 Å². The molecular weight excluding hydrogens is 428 g/mol. The maximum Gasteiger partial charge on any atom is 0.240 e. The van der Waals surface area contributed by atoms with E-state index in [2.05, 4.69) is 14.9 Å². The van der Waals surface area contributed by atoms with Crippen molar-refractivity contribution < 1.29 is 30.4 Å². The van der Waals surface area contributed by atoms with Crippen molar-refractivity contribution in [1.82, 2.24) is 14.9 Å². The summed E-state index contributed by atoms with van der Waals surface area (Å²) in [6, 6.07) is 1.38. The fourth-order valence-corrected chi connectivity index (χ4v) is 6.70. The average molecular weight is 452 g/mol. The molecule has 162 valence electrons. The van der Waals surface area contributed by atoms with Crippen LogP contribution >= 0.6 is 0 Å². The summed E-state index contributed by atoms with van der Waals surface area (Å²) in [7, 11) is -7.35. The number of sulfonamides is 1. The SMILES string of the molecule is O=C(CCNS(=O)(=O)c1ccc(F)c(F)c1)NC1CS(=O)(=O)CC1N1CCCC1. The number of benzene rings is 1. The molecule has 0 spiro atoms. The second kappa shape index (κ2) is 8.62. The molecule has 2 heterocycles. The van der Waals surface area contributed by atoms with Gasteiger partial charge in [-0.15, -0.1) is 0 Å². The molecule has 2 aliphatic rings. The highest BCUT2D eigenvalue weighted by Crippen LogP contribution is 2.22. The van der Waals surface area contributed by atoms with Gasteiger partial charge in [0.2, 0.25) is 15.9 Å². The Hall–Kier alpha value is -1.63. The molecule has 0 aliphatic carbocycles. The molecule has 8 nitrogen and oxygen atoms in total. The number of carbonyl (C=O) groups is 1. The van der Waals surface area contributed by atoms with Gasteiger partial charge in [0.1, 0.15) is 0 Å². The average Bonchev–Trinajstić information content (AvgIpc) is 3.24. The number of amides is 1. The molecule has 0 aromatic heterocycles. The number of hydrogen-bond donors (Lipinski definition) is 2. The number of nitrogens with zero attached hydrogens (tertiary/aromatic N) is 1. The molecule has 3 rings (SSSR count). The lowest BCUT2D eigenvalue weighted by atomic mass is 10.1. The van der Waals surface area contributed by atoms with Crippen LogP contribution in [0.1, 0.15) is 19.3 Å². The molecule has 1 aromatic carbocycles. The molecule has 12 heteroatoms. The van der Waals surface area contributed by atoms with E-state index in [1.54, 1.807) is 0 Å². The zero-order valence-electron chi connectivity index (χ0n) is 15.6. The van der Waals surface area contributed by atoms with E-state index < -0.39 is 48.3 Å². The molecule has 2 aliphatic heterocycles. The molecule has 1 amide bonds. The van der Waals surface area contributed by atoms with E-state index >= 15 is 0 Å². The summed E-state index contributed by atoms with van der Waals surface area (Å²) in [6.07, 6.45) is 1.76. The van der Waals surface area contributed by atoms with Gasteiger partial charge in [-0.05, 0) is 44.1 Å². The molecule has 2 unspecified atom stereocenters. The number of carbonyl (C=O) groups excluding carboxylic acids is 1. The first-order chi connectivity index (χ1) is 13.6. The van der Waals surface area contributed by atoms with Gasteiger partial charge in [0.15, 0.2) is 21.5 Å². The number of halogens is 2. The van der Waals surface area contributed by atoms with Gasteiger partial charge < -0.3 is 5.32 Å². The maximum atomic E-state index is 13.2. The van der Waals surface area contributed by atoms with Crippen molar-refractivity contribution in [2.45, 2.75) is 36.2 Å². The van der Waals surface area contributed by atoms with E-state index in [0.717, 1.165) is 32.0 Å². The van der Waals surface area contributed by atoms with Crippen LogP contribution in [0.15, 0.2) is 23.1 Å². The smallest absolute Gasteiger partial charge is 0.240 e. The van der Waals surface area contributed by atoms with Gasteiger partial charge in [-0.1, -0.05) is 0 Å². The standard InChI is InChI=1S/C17H23F2N3O5S2/c18-13-4-3-12(9-14(13)19)29(26,27)20-6-5-17(23)21-15-10-28(24,25)11-16(15)22-7-1-2-8-22/h3-4,9,15-16,20H,1-2,5-8,10-11H2,(H,21,23). The Morgan fingerprint density at radius 1 is 1.14 bits per heavy atom. The van der Waals surface area contributed by atoms with E-state index in [0.29, 0.717) is 12.1 Å². The Morgan fingerprint density at radius 3 is 2.48 bits per heavy atom. The largest absolute Gasteiger partial charge is 0.351 e. The Balaban J connectivity index is 1.54. The minimum absolute atomic E-state index is 0.000701. The molecule has 0 bridgehead atoms. The van der Waals surface area contributed by atoms with Gasteiger partial charge in [0.25, 0.3) is 0 Å². The third-order valence-corrected chi connectivity index (χ3v) is 8.30. The van der Waals surface area contributed by atoms with Gasteiger partial charge in [-0.2, -0.15) is 0 Å². The van der Waals surface area contributed by atoms with E-state index in [-0.39, 0.29) is 30.5 Å². The van der Waals surface area contributed by atoms with Crippen LogP contribution in [0.3, 0.4) is 0 Å². The van der Waals surface area contributed by atoms with Crippen LogP contribution in [0.4, 0.5) is 8.78 Å². The van der Waals surface area contributed by atoms with Crippen LogP contribution < -0.4 is 10.0 Å². The van der Waals surface area contributed by atoms with E-state index in [1.165, 1.54) is 0 Å². The highest BCUT2D eigenvalue weighted by molar-refractivity contribution is 7.91. The zero-order chi connectivity index (χ0) is 21.2. The summed E-state index contributed by atoms with van der Waals surface area (Å²) in [4.78, 5) is 13.8. The molecule has 0 radical (unpaired) electrons. The summed E-state index contributed by atoms with van der Waals surface area (Å²) in [6.45, 7) is 1.32. The minimum Gasteiger partial charge on any atom is -0.351 e. The van der Waals surface area contributed by atoms with Gasteiger partial charge >= 0.3 is 0 Å². The molecule has 2 fully saturated rings. The maximum absolute atomic E-state index is 13.2. The van der Waals surface area contributed by atoms with Crippen LogP contribution in [-0.2, 0) is 24.7 Å². The monoisotopic (exact) mass is 451 g/mol. The summed E-state index contributed by atoms with van der Waals surface area (Å²) < 4.78 is 76.6. The van der Waals surface area contributed by atoms with Crippen LogP contribution in [0.5, 0.6) is 0 Å². The molecule has 2 saturated heterocycles. The summed E-state index contributed by atoms with van der Waals surface area (Å²) in [5.41, 5.74) is 0. The lowest BCUT2D eigenvalue weighted by molar-refractivity contribution is -0.121. The van der Waals surface area contributed by atoms with Crippen molar-refractivity contribution in [3.05, 3.63) is 29.8 Å². The molecule has 2 N–H and O–H groups in total. The predicted molar refractivity (Wildman–Crippen MR) is 101 cm³/mol. The quantitative estimate of drug-likeness (QED) is 0.604. The number of sulfone groups is 1. The molecular formula is C17H23F2N3O5S2. The molecule has 2 atom stereocenters. The van der Waals surface area contributed by atoms with Gasteiger partial charge in [0.05, 0.1) is 22.4 Å². The fraction of sp³-hybridized carbons (Fsp3) is 0.588. The number of rotatable bonds is 7. The van der Waals surface area contributed by atoms with Gasteiger partial charge in [-0.3, -0.25) is 9.69 Å². The Morgan fingerprint density at radius 2 is 1.83 bits per heavy atom. The second-order valence-electron chi connectivity index (χ2n) is 7.29. The van der Waals surface area contributed by atoms with Crippen molar-refractivity contribution in [1.29, 1.82) is 0 Å². The van der Waals surface area contributed by atoms with Crippen molar-refractivity contribution in [2.75, 3.05) is 31.1 Å². The van der Waals surface area contributed by atoms with Crippen LogP contribution in [0.25, 0.3) is 0 Å². The number of hydrogen-bond acceptors (Lipinski definition) is 6. The van der Waals surface area contributed by atoms with Gasteiger partial charge in [-0.25, -0.2) is 30.3 Å². The van der Waals surface area contributed by atoms with Crippen molar-refractivity contribution >= 4 is 25.8 Å². The first-order valence-corrected chi connectivity index (χ1v) is 12.6. The third kappa shape index (κ3) is 5.50. The van der Waals surface area contributed by atoms with Gasteiger partial charge in [0, 0.05) is 19.0 Å². The molecule has 0 saturated carbocycles. The van der Waals surface area contributed by atoms with E-state index in [9.17, 15) is 30.4 Å². The molecule has 29 heavy (non-hydrogen) atoms. The number of likely N-dealkylation sites (tertiary alicyclic amines) is 1. The lowest BCUT2D eigenvalue weighted by Crippen LogP contribution is -2.50. The highest BCUT2D eigenvalue weighted by Gasteiger charge is 2.42. The van der Waals surface area contributed by atoms with Crippen LogP contribution in [0, 0.1) is 11.6 Å². The predicted octanol–water partition coefficient (Wildman–Crippen LogP) is 0.0108. The normalized spacial score (nSPS) is 24.6. The van der Waals surface area contributed by atoms with E-state index in [1.807, 2.05) is 0 Å². The van der Waals surface area contributed by atoms with Crippen LogP contribution in [-0.4, -0.2) is 70.9 Å². The Labute approximate surface area is 168 Å². The Bertz CT molecular complexity index is 979. The van der Waals surface area contributed by atoms with Crippen LogP contribution in [0.2, 0.25) is 0 Å². The van der Waals surface area contributed by atoms with Crippen molar-refractivity contribution in [2.24, 2.45) is 0 Å². The summed E-state index contributed by atoms with van der Waals surface area (Å²) in [5, 5.41) is 2.70. The molecule has 1 aromatic rings. The summed E-state index contributed by atoms with van der Waals surface area (Å²) >= 11 is 0. The van der Waals surface area contributed by atoms with E-state index in [4.69, 9.17) is 0 Å². The Kier molecular flexibility index (Phi) is 6.56. The fourth-order valence-electron chi connectivity index (χ4n) is 3.71. The van der Waals surface area contributed by atoms with Crippen molar-refractivity contribution in [3.8, 4) is 0 Å². The first kappa shape index (κ1) is 22.1. The highest BCUT2D eigenvalue weighted by atomic mass is 32.2. The second-order valence-corrected chi connectivity index (χ2v) is 11.2. The van der Waals surface area contributed by atoms with Crippen molar-refractivity contribution in [3.63, 3.8) is 0 Å². The number of nitrogens with one attached hydrogen (secondary N) is 2. The third-order valence-electron chi connectivity index (χ3n) is 5.12.